The zero-order valence-electron chi connectivity index (χ0n) is 7.68. The van der Waals surface area contributed by atoms with Crippen molar-refractivity contribution in [1.82, 2.24) is 10.2 Å². The summed E-state index contributed by atoms with van der Waals surface area (Å²) in [6, 6.07) is 0. The lowest BCUT2D eigenvalue weighted by Gasteiger charge is -2.12. The van der Waals surface area contributed by atoms with E-state index in [4.69, 9.17) is 0 Å². The average molecular weight is 158 g/mol. The second-order valence-electron chi connectivity index (χ2n) is 2.73. The second-order valence-corrected chi connectivity index (χ2v) is 2.73. The van der Waals surface area contributed by atoms with Gasteiger partial charge >= 0.3 is 0 Å². The number of amides is 1. The van der Waals surface area contributed by atoms with Crippen LogP contribution in [0.3, 0.4) is 0 Å². The van der Waals surface area contributed by atoms with Gasteiger partial charge in [0.1, 0.15) is 0 Å². The van der Waals surface area contributed by atoms with E-state index in [0.29, 0.717) is 0 Å². The Kier molecular flexibility index (Phi) is 5.84. The Morgan fingerprint density at radius 2 is 2.18 bits per heavy atom. The van der Waals surface area contributed by atoms with E-state index in [2.05, 4.69) is 24.2 Å². The first kappa shape index (κ1) is 10.4. The van der Waals surface area contributed by atoms with Gasteiger partial charge < -0.3 is 10.2 Å². The molecular weight excluding hydrogens is 140 g/mol. The number of hydrogen-bond donors (Lipinski definition) is 1. The van der Waals surface area contributed by atoms with Crippen molar-refractivity contribution in [2.24, 2.45) is 0 Å². The molecule has 3 heteroatoms. The van der Waals surface area contributed by atoms with Gasteiger partial charge in [0.05, 0.1) is 0 Å². The van der Waals surface area contributed by atoms with Crippen LogP contribution in [0.5, 0.6) is 0 Å². The first-order valence-corrected chi connectivity index (χ1v) is 4.09. The van der Waals surface area contributed by atoms with Gasteiger partial charge in [0.15, 0.2) is 0 Å². The molecule has 0 aliphatic carbocycles. The number of nitrogens with zero attached hydrogens (tertiary/aromatic N) is 1. The van der Waals surface area contributed by atoms with Crippen LogP contribution in [0.1, 0.15) is 20.3 Å². The van der Waals surface area contributed by atoms with E-state index in [-0.39, 0.29) is 5.91 Å². The van der Waals surface area contributed by atoms with Crippen molar-refractivity contribution < 1.29 is 4.79 Å². The van der Waals surface area contributed by atoms with Gasteiger partial charge in [0.2, 0.25) is 5.91 Å². The Hall–Kier alpha value is -0.570. The summed E-state index contributed by atoms with van der Waals surface area (Å²) in [6.45, 7) is 6.58. The minimum absolute atomic E-state index is 0.0594. The molecule has 1 amide bonds. The third kappa shape index (κ3) is 7.33. The van der Waals surface area contributed by atoms with Crippen LogP contribution >= 0.6 is 0 Å². The molecule has 0 bridgehead atoms. The molecule has 0 aromatic carbocycles. The van der Waals surface area contributed by atoms with Crippen LogP contribution in [0.2, 0.25) is 0 Å². The van der Waals surface area contributed by atoms with Gasteiger partial charge in [-0.15, -0.1) is 0 Å². The molecule has 0 aromatic rings. The van der Waals surface area contributed by atoms with E-state index < -0.39 is 0 Å². The Bertz CT molecular complexity index is 115. The van der Waals surface area contributed by atoms with E-state index >= 15 is 0 Å². The highest BCUT2D eigenvalue weighted by molar-refractivity contribution is 5.72. The van der Waals surface area contributed by atoms with Gasteiger partial charge in [-0.2, -0.15) is 0 Å². The lowest BCUT2D eigenvalue weighted by molar-refractivity contribution is -0.118. The second kappa shape index (κ2) is 6.16. The fourth-order valence-corrected chi connectivity index (χ4v) is 0.772. The number of rotatable bonds is 5. The van der Waals surface area contributed by atoms with Gasteiger partial charge in [-0.05, 0) is 26.6 Å². The van der Waals surface area contributed by atoms with Crippen molar-refractivity contribution in [3.05, 3.63) is 0 Å². The molecule has 66 valence electrons. The quantitative estimate of drug-likeness (QED) is 0.590. The summed E-state index contributed by atoms with van der Waals surface area (Å²) in [5, 5.41) is 2.76. The van der Waals surface area contributed by atoms with Crippen molar-refractivity contribution in [3.8, 4) is 0 Å². The molecule has 0 fully saturated rings. The fraction of sp³-hybridized carbons (Fsp3) is 0.875. The van der Waals surface area contributed by atoms with E-state index in [9.17, 15) is 4.79 Å². The molecule has 0 saturated heterocycles. The van der Waals surface area contributed by atoms with E-state index in [1.807, 2.05) is 0 Å². The van der Waals surface area contributed by atoms with Crippen LogP contribution in [-0.4, -0.2) is 37.5 Å². The standard InChI is InChI=1S/C8H18N2O/c1-4-10(3)7-5-6-9-8(2)11/h4-7H2,1-3H3,(H,9,11). The Balaban J connectivity index is 3.08. The summed E-state index contributed by atoms with van der Waals surface area (Å²) in [5.41, 5.74) is 0. The predicted molar refractivity (Wildman–Crippen MR) is 46.5 cm³/mol. The van der Waals surface area contributed by atoms with Crippen LogP contribution in [0.25, 0.3) is 0 Å². The van der Waals surface area contributed by atoms with Crippen LogP contribution in [0.4, 0.5) is 0 Å². The Labute approximate surface area is 68.8 Å². The maximum absolute atomic E-state index is 10.4. The zero-order chi connectivity index (χ0) is 8.69. The van der Waals surface area contributed by atoms with Crippen molar-refractivity contribution in [2.75, 3.05) is 26.7 Å². The summed E-state index contributed by atoms with van der Waals surface area (Å²) in [4.78, 5) is 12.7. The molecule has 0 rings (SSSR count). The van der Waals surface area contributed by atoms with Gasteiger partial charge in [0.25, 0.3) is 0 Å². The summed E-state index contributed by atoms with van der Waals surface area (Å²) in [5.74, 6) is 0.0594. The van der Waals surface area contributed by atoms with Gasteiger partial charge in [0, 0.05) is 13.5 Å². The van der Waals surface area contributed by atoms with Crippen LogP contribution in [0, 0.1) is 0 Å². The third-order valence-corrected chi connectivity index (χ3v) is 1.63. The van der Waals surface area contributed by atoms with Crippen molar-refractivity contribution in [3.63, 3.8) is 0 Å². The third-order valence-electron chi connectivity index (χ3n) is 1.63. The van der Waals surface area contributed by atoms with Gasteiger partial charge in [-0.3, -0.25) is 4.79 Å². The molecule has 0 radical (unpaired) electrons. The molecule has 11 heavy (non-hydrogen) atoms. The molecule has 1 N–H and O–H groups in total. The SMILES string of the molecule is CCN(C)CCCNC(C)=O. The first-order chi connectivity index (χ1) is 5.16. The molecule has 0 atom stereocenters. The zero-order valence-corrected chi connectivity index (χ0v) is 7.68. The molecule has 3 nitrogen and oxygen atoms in total. The van der Waals surface area contributed by atoms with Crippen molar-refractivity contribution >= 4 is 5.91 Å². The van der Waals surface area contributed by atoms with Gasteiger partial charge in [-0.1, -0.05) is 6.92 Å². The molecule has 0 spiro atoms. The number of carbonyl (C=O) groups is 1. The van der Waals surface area contributed by atoms with Crippen molar-refractivity contribution in [2.45, 2.75) is 20.3 Å². The molecule has 0 saturated carbocycles. The Morgan fingerprint density at radius 3 is 2.64 bits per heavy atom. The predicted octanol–water partition coefficient (Wildman–Crippen LogP) is 0.464. The monoisotopic (exact) mass is 158 g/mol. The number of nitrogens with one attached hydrogen (secondary N) is 1. The molecular formula is C8H18N2O. The van der Waals surface area contributed by atoms with E-state index in [1.165, 1.54) is 0 Å². The smallest absolute Gasteiger partial charge is 0.216 e. The molecule has 0 aliphatic heterocycles. The summed E-state index contributed by atoms with van der Waals surface area (Å²) in [7, 11) is 2.08. The average Bonchev–Trinajstić information content (AvgIpc) is 1.97. The topological polar surface area (TPSA) is 32.3 Å². The Morgan fingerprint density at radius 1 is 1.55 bits per heavy atom. The van der Waals surface area contributed by atoms with Gasteiger partial charge in [-0.25, -0.2) is 0 Å². The van der Waals surface area contributed by atoms with E-state index in [0.717, 1.165) is 26.1 Å². The largest absolute Gasteiger partial charge is 0.356 e. The summed E-state index contributed by atoms with van der Waals surface area (Å²) < 4.78 is 0. The molecule has 0 unspecified atom stereocenters. The molecule has 0 aliphatic rings. The first-order valence-electron chi connectivity index (χ1n) is 4.09. The fourth-order valence-electron chi connectivity index (χ4n) is 0.772. The molecule has 0 aromatic heterocycles. The number of carbonyl (C=O) groups excluding carboxylic acids is 1. The molecule has 0 heterocycles. The highest BCUT2D eigenvalue weighted by atomic mass is 16.1. The number of hydrogen-bond acceptors (Lipinski definition) is 2. The van der Waals surface area contributed by atoms with Crippen molar-refractivity contribution in [1.29, 1.82) is 0 Å². The van der Waals surface area contributed by atoms with Crippen LogP contribution in [-0.2, 0) is 4.79 Å². The maximum Gasteiger partial charge on any atom is 0.216 e. The maximum atomic E-state index is 10.4. The lowest BCUT2D eigenvalue weighted by atomic mass is 10.4. The highest BCUT2D eigenvalue weighted by Crippen LogP contribution is 1.84. The lowest BCUT2D eigenvalue weighted by Crippen LogP contribution is -2.26. The summed E-state index contributed by atoms with van der Waals surface area (Å²) in [6.07, 6.45) is 1.03. The highest BCUT2D eigenvalue weighted by Gasteiger charge is 1.94. The van der Waals surface area contributed by atoms with E-state index in [1.54, 1.807) is 6.92 Å². The summed E-state index contributed by atoms with van der Waals surface area (Å²) >= 11 is 0. The minimum atomic E-state index is 0.0594. The van der Waals surface area contributed by atoms with Crippen LogP contribution in [0.15, 0.2) is 0 Å². The minimum Gasteiger partial charge on any atom is -0.356 e. The normalized spacial score (nSPS) is 10.2. The van der Waals surface area contributed by atoms with Crippen LogP contribution < -0.4 is 5.32 Å².